The summed E-state index contributed by atoms with van der Waals surface area (Å²) in [5.74, 6) is 0. The van der Waals surface area contributed by atoms with Gasteiger partial charge in [0.25, 0.3) is 0 Å². The lowest BCUT2D eigenvalue weighted by Gasteiger charge is -2.10. The predicted molar refractivity (Wildman–Crippen MR) is 86.2 cm³/mol. The Labute approximate surface area is 124 Å². The Morgan fingerprint density at radius 2 is 1.89 bits per heavy atom. The van der Waals surface area contributed by atoms with E-state index in [0.717, 1.165) is 22.0 Å². The molecule has 0 fully saturated rings. The van der Waals surface area contributed by atoms with Crippen LogP contribution in [0.25, 0.3) is 0 Å². The maximum Gasteiger partial charge on any atom is 0.0562 e. The van der Waals surface area contributed by atoms with Crippen molar-refractivity contribution in [1.82, 2.24) is 0 Å². The Morgan fingerprint density at radius 3 is 2.53 bits per heavy atom. The van der Waals surface area contributed by atoms with E-state index in [1.165, 1.54) is 16.7 Å². The number of nitrogens with one attached hydrogen (secondary N) is 1. The van der Waals surface area contributed by atoms with Gasteiger partial charge in [-0.25, -0.2) is 0 Å². The van der Waals surface area contributed by atoms with Crippen molar-refractivity contribution in [3.8, 4) is 0 Å². The minimum Gasteiger partial charge on any atom is -0.326 e. The van der Waals surface area contributed by atoms with Gasteiger partial charge in [0.2, 0.25) is 0 Å². The Morgan fingerprint density at radius 1 is 1.11 bits per heavy atom. The van der Waals surface area contributed by atoms with Gasteiger partial charge in [-0.2, -0.15) is 0 Å². The van der Waals surface area contributed by atoms with Gasteiger partial charge < -0.3 is 4.72 Å². The highest BCUT2D eigenvalue weighted by atomic mass is 35.5. The Balaban J connectivity index is 2.08. The van der Waals surface area contributed by atoms with Crippen molar-refractivity contribution in [2.75, 3.05) is 4.72 Å². The second-order valence-electron chi connectivity index (χ2n) is 4.63. The zero-order valence-corrected chi connectivity index (χ0v) is 13.0. The van der Waals surface area contributed by atoms with Crippen molar-refractivity contribution in [1.29, 1.82) is 0 Å². The first-order valence-corrected chi connectivity index (χ1v) is 7.58. The van der Waals surface area contributed by atoms with Gasteiger partial charge in [0.15, 0.2) is 0 Å². The van der Waals surface area contributed by atoms with E-state index < -0.39 is 0 Å². The monoisotopic (exact) mass is 291 g/mol. The van der Waals surface area contributed by atoms with Gasteiger partial charge in [0.05, 0.1) is 5.02 Å². The summed E-state index contributed by atoms with van der Waals surface area (Å²) in [5, 5.41) is 0.791. The van der Waals surface area contributed by atoms with Crippen LogP contribution >= 0.6 is 23.5 Å². The average Bonchev–Trinajstić information content (AvgIpc) is 2.38. The van der Waals surface area contributed by atoms with Gasteiger partial charge in [-0.1, -0.05) is 30.7 Å². The molecule has 0 aliphatic carbocycles. The van der Waals surface area contributed by atoms with E-state index in [4.69, 9.17) is 11.6 Å². The first kappa shape index (κ1) is 14.3. The lowest BCUT2D eigenvalue weighted by atomic mass is 10.1. The summed E-state index contributed by atoms with van der Waals surface area (Å²) in [5.41, 5.74) is 5.00. The summed E-state index contributed by atoms with van der Waals surface area (Å²) in [4.78, 5) is 1.05. The molecule has 0 saturated carbocycles. The molecule has 0 unspecified atom stereocenters. The number of aryl methyl sites for hydroxylation is 3. The van der Waals surface area contributed by atoms with Gasteiger partial charge in [0.1, 0.15) is 0 Å². The van der Waals surface area contributed by atoms with Gasteiger partial charge >= 0.3 is 0 Å². The number of anilines is 1. The summed E-state index contributed by atoms with van der Waals surface area (Å²) >= 11 is 7.76. The first-order chi connectivity index (χ1) is 9.10. The van der Waals surface area contributed by atoms with Crippen LogP contribution in [0.5, 0.6) is 0 Å². The SMILES string of the molecule is CCc1ccc(NSc2ccc(C)cc2Cl)cc1C. The second-order valence-corrected chi connectivity index (χ2v) is 5.89. The van der Waals surface area contributed by atoms with E-state index in [1.54, 1.807) is 11.9 Å². The van der Waals surface area contributed by atoms with Crippen LogP contribution in [0.1, 0.15) is 23.6 Å². The quantitative estimate of drug-likeness (QED) is 0.732. The molecule has 1 nitrogen and oxygen atoms in total. The molecule has 0 amide bonds. The van der Waals surface area contributed by atoms with Crippen LogP contribution in [0.2, 0.25) is 5.02 Å². The van der Waals surface area contributed by atoms with Crippen molar-refractivity contribution in [3.63, 3.8) is 0 Å². The molecule has 1 N–H and O–H groups in total. The van der Waals surface area contributed by atoms with E-state index in [2.05, 4.69) is 42.8 Å². The molecule has 2 aromatic carbocycles. The van der Waals surface area contributed by atoms with E-state index in [9.17, 15) is 0 Å². The fourth-order valence-corrected chi connectivity index (χ4v) is 2.96. The number of hydrogen-bond donors (Lipinski definition) is 1. The summed E-state index contributed by atoms with van der Waals surface area (Å²) in [7, 11) is 0. The average molecular weight is 292 g/mol. The smallest absolute Gasteiger partial charge is 0.0562 e. The van der Waals surface area contributed by atoms with Crippen molar-refractivity contribution in [2.45, 2.75) is 32.1 Å². The molecule has 0 heterocycles. The molecule has 0 bridgehead atoms. The van der Waals surface area contributed by atoms with Crippen molar-refractivity contribution in [3.05, 3.63) is 58.1 Å². The highest BCUT2D eigenvalue weighted by Crippen LogP contribution is 2.29. The molecule has 0 aliphatic heterocycles. The third kappa shape index (κ3) is 3.68. The lowest BCUT2D eigenvalue weighted by Crippen LogP contribution is -1.91. The van der Waals surface area contributed by atoms with Crippen molar-refractivity contribution in [2.24, 2.45) is 0 Å². The maximum absolute atomic E-state index is 6.21. The van der Waals surface area contributed by atoms with Crippen LogP contribution in [0.3, 0.4) is 0 Å². The molecular formula is C16H18ClNS. The van der Waals surface area contributed by atoms with E-state index in [0.29, 0.717) is 0 Å². The number of rotatable bonds is 4. The highest BCUT2D eigenvalue weighted by molar-refractivity contribution is 8.00. The molecule has 0 radical (unpaired) electrons. The number of hydrogen-bond acceptors (Lipinski definition) is 2. The predicted octanol–water partition coefficient (Wildman–Crippen LogP) is 5.64. The lowest BCUT2D eigenvalue weighted by molar-refractivity contribution is 1.11. The summed E-state index contributed by atoms with van der Waals surface area (Å²) in [6.45, 7) is 6.37. The standard InChI is InChI=1S/C16H18ClNS/c1-4-13-6-7-14(10-12(13)3)18-19-16-8-5-11(2)9-15(16)17/h5-10,18H,4H2,1-3H3. The Hall–Kier alpha value is -1.12. The topological polar surface area (TPSA) is 12.0 Å². The van der Waals surface area contributed by atoms with Crippen LogP contribution in [0.15, 0.2) is 41.3 Å². The Bertz CT molecular complexity index is 581. The number of benzene rings is 2. The molecular weight excluding hydrogens is 274 g/mol. The third-order valence-electron chi connectivity index (χ3n) is 3.09. The molecule has 0 aliphatic rings. The van der Waals surface area contributed by atoms with Crippen molar-refractivity contribution < 1.29 is 0 Å². The fraction of sp³-hybridized carbons (Fsp3) is 0.250. The van der Waals surface area contributed by atoms with E-state index in [1.807, 2.05) is 19.1 Å². The van der Waals surface area contributed by atoms with Crippen LogP contribution in [-0.4, -0.2) is 0 Å². The van der Waals surface area contributed by atoms with Gasteiger partial charge in [-0.05, 0) is 73.2 Å². The molecule has 19 heavy (non-hydrogen) atoms. The van der Waals surface area contributed by atoms with Gasteiger partial charge in [-0.15, -0.1) is 0 Å². The molecule has 100 valence electrons. The van der Waals surface area contributed by atoms with Gasteiger partial charge in [0, 0.05) is 10.6 Å². The second kappa shape index (κ2) is 6.36. The molecule has 0 aromatic heterocycles. The summed E-state index contributed by atoms with van der Waals surface area (Å²) < 4.78 is 3.35. The van der Waals surface area contributed by atoms with Crippen LogP contribution in [0.4, 0.5) is 5.69 Å². The normalized spacial score (nSPS) is 10.5. The molecule has 2 aromatic rings. The van der Waals surface area contributed by atoms with Crippen LogP contribution in [0, 0.1) is 13.8 Å². The molecule has 0 saturated heterocycles. The fourth-order valence-electron chi connectivity index (χ4n) is 1.96. The molecule has 0 atom stereocenters. The number of halogens is 1. The molecule has 0 spiro atoms. The molecule has 3 heteroatoms. The first-order valence-electron chi connectivity index (χ1n) is 6.38. The van der Waals surface area contributed by atoms with Gasteiger partial charge in [-0.3, -0.25) is 0 Å². The van der Waals surface area contributed by atoms with Crippen LogP contribution < -0.4 is 4.72 Å². The van der Waals surface area contributed by atoms with E-state index >= 15 is 0 Å². The minimum absolute atomic E-state index is 0.791. The zero-order chi connectivity index (χ0) is 13.8. The summed E-state index contributed by atoms with van der Waals surface area (Å²) in [6, 6.07) is 12.6. The largest absolute Gasteiger partial charge is 0.326 e. The van der Waals surface area contributed by atoms with E-state index in [-0.39, 0.29) is 0 Å². The molecule has 2 rings (SSSR count). The Kier molecular flexibility index (Phi) is 4.78. The van der Waals surface area contributed by atoms with Crippen LogP contribution in [-0.2, 0) is 6.42 Å². The minimum atomic E-state index is 0.791. The zero-order valence-electron chi connectivity index (χ0n) is 11.5. The third-order valence-corrected chi connectivity index (χ3v) is 4.43. The maximum atomic E-state index is 6.21. The van der Waals surface area contributed by atoms with Crippen molar-refractivity contribution >= 4 is 29.2 Å². The summed E-state index contributed by atoms with van der Waals surface area (Å²) in [6.07, 6.45) is 1.07. The highest BCUT2D eigenvalue weighted by Gasteiger charge is 2.03.